The van der Waals surface area contributed by atoms with Crippen LogP contribution in [0.25, 0.3) is 0 Å². The predicted octanol–water partition coefficient (Wildman–Crippen LogP) is 0.751. The Hall–Kier alpha value is -0.860. The quantitative estimate of drug-likeness (QED) is 0.695. The molecule has 1 aliphatic rings. The molecular weight excluding hydrogens is 353 g/mol. The summed E-state index contributed by atoms with van der Waals surface area (Å²) in [5.74, 6) is -0.00547. The van der Waals surface area contributed by atoms with Gasteiger partial charge in [-0.2, -0.15) is 5.10 Å². The number of nitrogens with one attached hydrogen (secondary N) is 2. The van der Waals surface area contributed by atoms with Crippen molar-refractivity contribution in [2.45, 2.75) is 24.9 Å². The molecule has 0 aromatic carbocycles. The van der Waals surface area contributed by atoms with E-state index in [9.17, 15) is 4.79 Å². The van der Waals surface area contributed by atoms with Gasteiger partial charge in [-0.05, 0) is 26.4 Å². The number of amides is 1. The molecule has 1 aromatic rings. The van der Waals surface area contributed by atoms with Crippen LogP contribution in [0.3, 0.4) is 0 Å². The predicted molar refractivity (Wildman–Crippen MR) is 99.0 cm³/mol. The monoisotopic (exact) mass is 381 g/mol. The molecule has 140 valence electrons. The number of aryl methyl sites for hydroxylation is 1. The number of likely N-dealkylation sites (N-methyl/N-ethyl adjacent to an activating group) is 1. The van der Waals surface area contributed by atoms with Crippen LogP contribution in [0.1, 0.15) is 24.4 Å². The lowest BCUT2D eigenvalue weighted by Crippen LogP contribution is -2.44. The van der Waals surface area contributed by atoms with Crippen LogP contribution in [0.15, 0.2) is 12.4 Å². The Morgan fingerprint density at radius 3 is 2.83 bits per heavy atom. The summed E-state index contributed by atoms with van der Waals surface area (Å²) in [5.41, 5.74) is 0.880. The third kappa shape index (κ3) is 6.22. The zero-order valence-electron chi connectivity index (χ0n) is 14.5. The van der Waals surface area contributed by atoms with Crippen LogP contribution in [0.2, 0.25) is 0 Å². The highest BCUT2D eigenvalue weighted by Gasteiger charge is 2.26. The SMILES string of the molecule is CNC(C(=O)NCC1CCCN1CCOC)c1cnn(C)c1.Cl.Cl. The van der Waals surface area contributed by atoms with E-state index in [0.29, 0.717) is 12.6 Å². The number of nitrogens with zero attached hydrogens (tertiary/aromatic N) is 3. The van der Waals surface area contributed by atoms with Gasteiger partial charge in [0.15, 0.2) is 0 Å². The van der Waals surface area contributed by atoms with Crippen molar-refractivity contribution in [2.75, 3.05) is 40.4 Å². The van der Waals surface area contributed by atoms with Gasteiger partial charge >= 0.3 is 0 Å². The molecule has 2 unspecified atom stereocenters. The molecule has 0 radical (unpaired) electrons. The molecule has 2 N–H and O–H groups in total. The number of rotatable bonds is 8. The number of methoxy groups -OCH3 is 1. The van der Waals surface area contributed by atoms with Gasteiger partial charge in [0, 0.05) is 45.0 Å². The average molecular weight is 382 g/mol. The maximum absolute atomic E-state index is 12.4. The fourth-order valence-corrected chi connectivity index (χ4v) is 2.99. The molecule has 1 aromatic heterocycles. The topological polar surface area (TPSA) is 71.4 Å². The molecule has 2 atom stereocenters. The van der Waals surface area contributed by atoms with Gasteiger partial charge < -0.3 is 15.4 Å². The Morgan fingerprint density at radius 1 is 1.50 bits per heavy atom. The van der Waals surface area contributed by atoms with E-state index in [0.717, 1.165) is 31.7 Å². The molecule has 1 amide bonds. The summed E-state index contributed by atoms with van der Waals surface area (Å²) < 4.78 is 6.85. The summed E-state index contributed by atoms with van der Waals surface area (Å²) in [5, 5.41) is 10.2. The van der Waals surface area contributed by atoms with Gasteiger partial charge in [0.1, 0.15) is 6.04 Å². The second kappa shape index (κ2) is 11.7. The van der Waals surface area contributed by atoms with Gasteiger partial charge in [-0.25, -0.2) is 0 Å². The summed E-state index contributed by atoms with van der Waals surface area (Å²) in [6.07, 6.45) is 5.89. The number of carbonyl (C=O) groups is 1. The first kappa shape index (κ1) is 23.1. The Labute approximate surface area is 156 Å². The van der Waals surface area contributed by atoms with Crippen molar-refractivity contribution in [3.8, 4) is 0 Å². The summed E-state index contributed by atoms with van der Waals surface area (Å²) >= 11 is 0. The van der Waals surface area contributed by atoms with Crippen LogP contribution in [0, 0.1) is 0 Å². The van der Waals surface area contributed by atoms with Gasteiger partial charge in [-0.1, -0.05) is 0 Å². The van der Waals surface area contributed by atoms with Crippen LogP contribution in [0.5, 0.6) is 0 Å². The van der Waals surface area contributed by atoms with E-state index in [1.54, 1.807) is 25.0 Å². The first-order chi connectivity index (χ1) is 10.7. The van der Waals surface area contributed by atoms with E-state index in [2.05, 4.69) is 20.6 Å². The number of ether oxygens (including phenoxy) is 1. The fraction of sp³-hybridized carbons (Fsp3) is 0.733. The Bertz CT molecular complexity index is 486. The Balaban J connectivity index is 0.00000264. The van der Waals surface area contributed by atoms with Crippen molar-refractivity contribution < 1.29 is 9.53 Å². The summed E-state index contributed by atoms with van der Waals surface area (Å²) in [4.78, 5) is 14.8. The van der Waals surface area contributed by atoms with Crippen molar-refractivity contribution in [3.05, 3.63) is 18.0 Å². The first-order valence-electron chi connectivity index (χ1n) is 7.82. The van der Waals surface area contributed by atoms with E-state index in [4.69, 9.17) is 4.74 Å². The number of hydrogen-bond donors (Lipinski definition) is 2. The second-order valence-electron chi connectivity index (χ2n) is 5.74. The number of likely N-dealkylation sites (tertiary alicyclic amines) is 1. The maximum atomic E-state index is 12.4. The minimum Gasteiger partial charge on any atom is -0.383 e. The minimum atomic E-state index is -0.359. The Kier molecular flexibility index (Phi) is 11.2. The average Bonchev–Trinajstić information content (AvgIpc) is 3.13. The summed E-state index contributed by atoms with van der Waals surface area (Å²) in [7, 11) is 5.36. The zero-order valence-corrected chi connectivity index (χ0v) is 16.2. The van der Waals surface area contributed by atoms with E-state index in [-0.39, 0.29) is 36.8 Å². The van der Waals surface area contributed by atoms with Gasteiger partial charge in [0.2, 0.25) is 5.91 Å². The van der Waals surface area contributed by atoms with Crippen molar-refractivity contribution in [1.82, 2.24) is 25.3 Å². The van der Waals surface area contributed by atoms with Crippen LogP contribution < -0.4 is 10.6 Å². The summed E-state index contributed by atoms with van der Waals surface area (Å²) in [6.45, 7) is 3.43. The summed E-state index contributed by atoms with van der Waals surface area (Å²) in [6, 6.07) is 0.0491. The molecule has 2 rings (SSSR count). The molecule has 24 heavy (non-hydrogen) atoms. The lowest BCUT2D eigenvalue weighted by Gasteiger charge is -2.25. The zero-order chi connectivity index (χ0) is 15.9. The Morgan fingerprint density at radius 2 is 2.25 bits per heavy atom. The maximum Gasteiger partial charge on any atom is 0.241 e. The normalized spacial score (nSPS) is 18.5. The third-order valence-electron chi connectivity index (χ3n) is 4.20. The van der Waals surface area contributed by atoms with Crippen molar-refractivity contribution in [3.63, 3.8) is 0 Å². The molecule has 0 aliphatic carbocycles. The molecule has 1 fully saturated rings. The van der Waals surface area contributed by atoms with Gasteiger partial charge in [0.05, 0.1) is 12.8 Å². The van der Waals surface area contributed by atoms with Crippen molar-refractivity contribution in [2.24, 2.45) is 7.05 Å². The van der Waals surface area contributed by atoms with Crippen LogP contribution >= 0.6 is 24.8 Å². The first-order valence-corrected chi connectivity index (χ1v) is 7.82. The largest absolute Gasteiger partial charge is 0.383 e. The highest BCUT2D eigenvalue weighted by atomic mass is 35.5. The molecular formula is C15H29Cl2N5O2. The molecule has 7 nitrogen and oxygen atoms in total. The molecule has 1 saturated heterocycles. The van der Waals surface area contributed by atoms with Crippen LogP contribution in [-0.4, -0.2) is 67.0 Å². The molecule has 0 spiro atoms. The van der Waals surface area contributed by atoms with Crippen LogP contribution in [-0.2, 0) is 16.6 Å². The van der Waals surface area contributed by atoms with Crippen LogP contribution in [0.4, 0.5) is 0 Å². The smallest absolute Gasteiger partial charge is 0.241 e. The highest BCUT2D eigenvalue weighted by molar-refractivity contribution is 5.85. The molecule has 9 heteroatoms. The standard InChI is InChI=1S/C15H27N5O2.2ClH/c1-16-14(12-9-18-19(2)11-12)15(21)17-10-13-5-4-6-20(13)7-8-22-3;;/h9,11,13-14,16H,4-8,10H2,1-3H3,(H,17,21);2*1H. The molecule has 2 heterocycles. The van der Waals surface area contributed by atoms with E-state index in [1.807, 2.05) is 13.2 Å². The number of hydrogen-bond acceptors (Lipinski definition) is 5. The fourth-order valence-electron chi connectivity index (χ4n) is 2.99. The number of carbonyl (C=O) groups excluding carboxylic acids is 1. The van der Waals surface area contributed by atoms with Crippen molar-refractivity contribution >= 4 is 30.7 Å². The van der Waals surface area contributed by atoms with E-state index < -0.39 is 0 Å². The number of halogens is 2. The van der Waals surface area contributed by atoms with Gasteiger partial charge in [0.25, 0.3) is 0 Å². The molecule has 0 saturated carbocycles. The lowest BCUT2D eigenvalue weighted by molar-refractivity contribution is -0.123. The van der Waals surface area contributed by atoms with Gasteiger partial charge in [-0.3, -0.25) is 14.4 Å². The highest BCUT2D eigenvalue weighted by Crippen LogP contribution is 2.17. The van der Waals surface area contributed by atoms with E-state index in [1.165, 1.54) is 6.42 Å². The third-order valence-corrected chi connectivity index (χ3v) is 4.20. The number of aromatic nitrogens is 2. The lowest BCUT2D eigenvalue weighted by atomic mass is 10.1. The van der Waals surface area contributed by atoms with Crippen molar-refractivity contribution in [1.29, 1.82) is 0 Å². The van der Waals surface area contributed by atoms with Gasteiger partial charge in [-0.15, -0.1) is 24.8 Å². The second-order valence-corrected chi connectivity index (χ2v) is 5.74. The minimum absolute atomic E-state index is 0. The van der Waals surface area contributed by atoms with E-state index >= 15 is 0 Å². The molecule has 1 aliphatic heterocycles. The molecule has 0 bridgehead atoms.